The first-order valence-electron chi connectivity index (χ1n) is 14.0. The smallest absolute Gasteiger partial charge is 0.211 e. The lowest BCUT2D eigenvalue weighted by molar-refractivity contribution is 0.324. The Labute approximate surface area is 254 Å². The van der Waals surface area contributed by atoms with E-state index < -0.39 is 0 Å². The van der Waals surface area contributed by atoms with Crippen molar-refractivity contribution < 1.29 is 37.9 Å². The van der Waals surface area contributed by atoms with E-state index in [1.165, 1.54) is 5.56 Å². The van der Waals surface area contributed by atoms with E-state index in [0.717, 1.165) is 41.7 Å². The average Bonchev–Trinajstić information content (AvgIpc) is 3.06. The fraction of sp³-hybridized carbons (Fsp3) is 0.314. The Kier molecular flexibility index (Phi) is 10.9. The lowest BCUT2D eigenvalue weighted by Gasteiger charge is -2.18. The van der Waals surface area contributed by atoms with Crippen LogP contribution >= 0.6 is 0 Å². The maximum atomic E-state index is 6.44. The van der Waals surface area contributed by atoms with E-state index in [1.807, 2.05) is 54.6 Å². The molecule has 0 spiro atoms. The van der Waals surface area contributed by atoms with Gasteiger partial charge in [0, 0.05) is 0 Å². The second-order valence-corrected chi connectivity index (χ2v) is 9.80. The molecule has 0 aliphatic heterocycles. The van der Waals surface area contributed by atoms with Crippen molar-refractivity contribution in [3.8, 4) is 51.7 Å². The van der Waals surface area contributed by atoms with Crippen LogP contribution < -0.4 is 37.9 Å². The summed E-state index contributed by atoms with van der Waals surface area (Å²) in [6, 6.07) is 21.9. The van der Waals surface area contributed by atoms with Gasteiger partial charge in [0.25, 0.3) is 0 Å². The summed E-state index contributed by atoms with van der Waals surface area (Å²) >= 11 is 0. The summed E-state index contributed by atoms with van der Waals surface area (Å²) in [4.78, 5) is 0. The van der Waals surface area contributed by atoms with Crippen LogP contribution in [0.2, 0.25) is 0 Å². The Hall–Kier alpha value is -4.72. The molecule has 0 N–H and O–H groups in total. The van der Waals surface area contributed by atoms with Crippen molar-refractivity contribution >= 4 is 0 Å². The molecule has 0 aliphatic rings. The van der Waals surface area contributed by atoms with E-state index in [-0.39, 0.29) is 0 Å². The van der Waals surface area contributed by atoms with E-state index in [0.29, 0.717) is 52.4 Å². The minimum atomic E-state index is 0.477. The van der Waals surface area contributed by atoms with Crippen LogP contribution in [0.4, 0.5) is 0 Å². The van der Waals surface area contributed by atoms with Gasteiger partial charge in [0.2, 0.25) is 11.5 Å². The van der Waals surface area contributed by atoms with Crippen molar-refractivity contribution in [1.29, 1.82) is 0 Å². The minimum Gasteiger partial charge on any atom is -0.497 e. The number of ether oxygens (including phenoxy) is 8. The second kappa shape index (κ2) is 15.0. The predicted octanol–water partition coefficient (Wildman–Crippen LogP) is 7.11. The van der Waals surface area contributed by atoms with Gasteiger partial charge in [-0.25, -0.2) is 0 Å². The molecular formula is C35H40O8. The van der Waals surface area contributed by atoms with Crippen LogP contribution in [-0.4, -0.2) is 49.8 Å². The highest BCUT2D eigenvalue weighted by Gasteiger charge is 2.19. The van der Waals surface area contributed by atoms with Crippen LogP contribution in [0.3, 0.4) is 0 Å². The number of rotatable bonds is 15. The van der Waals surface area contributed by atoms with Crippen LogP contribution in [0.15, 0.2) is 66.7 Å². The van der Waals surface area contributed by atoms with E-state index in [1.54, 1.807) is 49.8 Å². The summed E-state index contributed by atoms with van der Waals surface area (Å²) in [5.74, 6) is 5.44. The first-order valence-corrected chi connectivity index (χ1v) is 14.0. The summed E-state index contributed by atoms with van der Waals surface area (Å²) in [6.45, 7) is 0. The van der Waals surface area contributed by atoms with Crippen molar-refractivity contribution in [2.75, 3.05) is 49.8 Å². The third-order valence-electron chi connectivity index (χ3n) is 7.22. The molecule has 0 saturated carbocycles. The molecule has 8 heteroatoms. The Bertz CT molecular complexity index is 1460. The maximum absolute atomic E-state index is 6.44. The average molecular weight is 589 g/mol. The lowest BCUT2D eigenvalue weighted by atomic mass is 10.0. The summed E-state index contributed by atoms with van der Waals surface area (Å²) < 4.78 is 45.5. The molecule has 0 radical (unpaired) electrons. The number of methoxy groups -OCH3 is 7. The zero-order chi connectivity index (χ0) is 30.8. The molecular weight excluding hydrogens is 548 g/mol. The Balaban J connectivity index is 1.56. The number of benzene rings is 4. The summed E-state index contributed by atoms with van der Waals surface area (Å²) in [6.07, 6.45) is 3.12. The molecule has 0 unspecified atom stereocenters. The fourth-order valence-corrected chi connectivity index (χ4v) is 4.93. The zero-order valence-electron chi connectivity index (χ0n) is 25.9. The zero-order valence-corrected chi connectivity index (χ0v) is 25.9. The van der Waals surface area contributed by atoms with Crippen molar-refractivity contribution in [2.45, 2.75) is 25.7 Å². The van der Waals surface area contributed by atoms with Crippen molar-refractivity contribution in [2.24, 2.45) is 0 Å². The summed E-state index contributed by atoms with van der Waals surface area (Å²) in [5, 5.41) is 0. The molecule has 0 saturated heterocycles. The number of hydrogen-bond acceptors (Lipinski definition) is 8. The fourth-order valence-electron chi connectivity index (χ4n) is 4.93. The molecule has 0 atom stereocenters. The summed E-state index contributed by atoms with van der Waals surface area (Å²) in [5.41, 5.74) is 4.37. The van der Waals surface area contributed by atoms with Crippen LogP contribution in [0.25, 0.3) is 0 Å². The molecule has 228 valence electrons. The topological polar surface area (TPSA) is 73.8 Å². The number of aryl methyl sites for hydroxylation is 4. The molecule has 4 aromatic carbocycles. The SMILES string of the molecule is COc1cccc(CCc2ccc(OC)c(Oc3c(OC)cc(CCc4cc(OC)c(OC)c(OC)c4)cc3OC)c2)c1. The standard InChI is InChI=1S/C35H40O8/c1-36-27-10-8-9-23(17-27)11-12-24-15-16-28(37-2)29(18-24)43-35-32(40-5)21-26(22-33(35)41-6)14-13-25-19-30(38-3)34(42-7)31(20-25)39-4/h8-10,15-22H,11-14H2,1-7H3. The molecule has 43 heavy (non-hydrogen) atoms. The van der Waals surface area contributed by atoms with Gasteiger partial charge in [-0.05, 0) is 96.5 Å². The molecule has 0 fully saturated rings. The van der Waals surface area contributed by atoms with Gasteiger partial charge in [-0.2, -0.15) is 0 Å². The van der Waals surface area contributed by atoms with Crippen LogP contribution in [-0.2, 0) is 25.7 Å². The summed E-state index contributed by atoms with van der Waals surface area (Å²) in [7, 11) is 11.4. The molecule has 4 aromatic rings. The van der Waals surface area contributed by atoms with E-state index >= 15 is 0 Å². The minimum absolute atomic E-state index is 0.477. The molecule has 0 amide bonds. The van der Waals surface area contributed by atoms with Crippen LogP contribution in [0.5, 0.6) is 51.7 Å². The molecule has 4 rings (SSSR count). The monoisotopic (exact) mass is 588 g/mol. The van der Waals surface area contributed by atoms with Gasteiger partial charge in [-0.3, -0.25) is 0 Å². The Morgan fingerprint density at radius 2 is 0.837 bits per heavy atom. The van der Waals surface area contributed by atoms with Crippen molar-refractivity contribution in [1.82, 2.24) is 0 Å². The predicted molar refractivity (Wildman–Crippen MR) is 167 cm³/mol. The lowest BCUT2D eigenvalue weighted by Crippen LogP contribution is -2.01. The van der Waals surface area contributed by atoms with Crippen molar-refractivity contribution in [3.05, 3.63) is 89.0 Å². The van der Waals surface area contributed by atoms with Crippen LogP contribution in [0.1, 0.15) is 22.3 Å². The van der Waals surface area contributed by atoms with E-state index in [2.05, 4.69) is 12.1 Å². The first kappa shape index (κ1) is 31.2. The Morgan fingerprint density at radius 3 is 1.33 bits per heavy atom. The molecule has 8 nitrogen and oxygen atoms in total. The largest absolute Gasteiger partial charge is 0.497 e. The van der Waals surface area contributed by atoms with E-state index in [4.69, 9.17) is 37.9 Å². The highest BCUT2D eigenvalue weighted by atomic mass is 16.6. The second-order valence-electron chi connectivity index (χ2n) is 9.80. The number of hydrogen-bond donors (Lipinski definition) is 0. The molecule has 0 aliphatic carbocycles. The Morgan fingerprint density at radius 1 is 0.372 bits per heavy atom. The van der Waals surface area contributed by atoms with Gasteiger partial charge in [0.05, 0.1) is 49.8 Å². The quantitative estimate of drug-likeness (QED) is 0.146. The maximum Gasteiger partial charge on any atom is 0.211 e. The highest BCUT2D eigenvalue weighted by molar-refractivity contribution is 5.58. The molecule has 0 bridgehead atoms. The van der Waals surface area contributed by atoms with Gasteiger partial charge in [-0.1, -0.05) is 18.2 Å². The third-order valence-corrected chi connectivity index (χ3v) is 7.22. The van der Waals surface area contributed by atoms with Crippen LogP contribution in [0, 0.1) is 0 Å². The van der Waals surface area contributed by atoms with Crippen molar-refractivity contribution in [3.63, 3.8) is 0 Å². The third kappa shape index (κ3) is 7.57. The molecule has 0 aromatic heterocycles. The van der Waals surface area contributed by atoms with Gasteiger partial charge >= 0.3 is 0 Å². The van der Waals surface area contributed by atoms with Gasteiger partial charge < -0.3 is 37.9 Å². The molecule has 0 heterocycles. The van der Waals surface area contributed by atoms with Gasteiger partial charge in [0.15, 0.2) is 34.5 Å². The van der Waals surface area contributed by atoms with Gasteiger partial charge in [-0.15, -0.1) is 0 Å². The normalized spacial score (nSPS) is 10.6. The van der Waals surface area contributed by atoms with E-state index in [9.17, 15) is 0 Å². The first-order chi connectivity index (χ1) is 21.0. The highest BCUT2D eigenvalue weighted by Crippen LogP contribution is 2.44. The van der Waals surface area contributed by atoms with Gasteiger partial charge in [0.1, 0.15) is 5.75 Å².